The molecular weight excluding hydrogens is 487 g/mol. The van der Waals surface area contributed by atoms with Crippen LogP contribution < -0.4 is 5.32 Å². The number of amides is 2. The fourth-order valence-electron chi connectivity index (χ4n) is 4.36. The molecule has 3 aromatic carbocycles. The van der Waals surface area contributed by atoms with Crippen LogP contribution in [0.2, 0.25) is 0 Å². The second-order valence-corrected chi connectivity index (χ2v) is 10.3. The largest absolute Gasteiger partial charge is 0.326 e. The van der Waals surface area contributed by atoms with Crippen LogP contribution in [0.5, 0.6) is 0 Å². The number of hydrogen-bond donors (Lipinski definition) is 1. The zero-order chi connectivity index (χ0) is 25.9. The number of aliphatic imine (C=N–C) groups is 1. The van der Waals surface area contributed by atoms with Crippen molar-refractivity contribution in [2.75, 3.05) is 5.32 Å². The number of rotatable bonds is 6. The highest BCUT2D eigenvalue weighted by Gasteiger charge is 2.39. The first-order valence-corrected chi connectivity index (χ1v) is 13.1. The summed E-state index contributed by atoms with van der Waals surface area (Å²) >= 11 is 1.26. The van der Waals surface area contributed by atoms with Gasteiger partial charge in [0.2, 0.25) is 5.91 Å². The molecule has 2 amide bonds. The Kier molecular flexibility index (Phi) is 7.19. The Bertz CT molecular complexity index is 1370. The molecular formula is C29H27FN4O2S. The molecule has 0 unspecified atom stereocenters. The van der Waals surface area contributed by atoms with Crippen molar-refractivity contribution < 1.29 is 14.0 Å². The summed E-state index contributed by atoms with van der Waals surface area (Å²) in [5, 5.41) is 9.30. The van der Waals surface area contributed by atoms with Crippen molar-refractivity contribution in [3.05, 3.63) is 101 Å². The molecule has 0 aromatic heterocycles. The highest BCUT2D eigenvalue weighted by Crippen LogP contribution is 2.38. The molecule has 2 aliphatic heterocycles. The monoisotopic (exact) mass is 514 g/mol. The van der Waals surface area contributed by atoms with Crippen LogP contribution in [-0.2, 0) is 16.0 Å². The number of thioether (sulfide) groups is 1. The lowest BCUT2D eigenvalue weighted by molar-refractivity contribution is -0.121. The van der Waals surface area contributed by atoms with E-state index in [1.807, 2.05) is 55.5 Å². The van der Waals surface area contributed by atoms with Crippen molar-refractivity contribution in [2.45, 2.75) is 44.4 Å². The fraction of sp³-hybridized carbons (Fsp3) is 0.241. The van der Waals surface area contributed by atoms with E-state index in [-0.39, 0.29) is 30.1 Å². The van der Waals surface area contributed by atoms with Gasteiger partial charge in [-0.15, -0.1) is 0 Å². The molecule has 0 radical (unpaired) electrons. The van der Waals surface area contributed by atoms with Gasteiger partial charge in [0.05, 0.1) is 11.8 Å². The first-order chi connectivity index (χ1) is 17.9. The maximum absolute atomic E-state index is 13.5. The second-order valence-electron chi connectivity index (χ2n) is 9.17. The van der Waals surface area contributed by atoms with E-state index < -0.39 is 5.25 Å². The van der Waals surface area contributed by atoms with Gasteiger partial charge in [0.1, 0.15) is 11.1 Å². The number of halogens is 1. The Morgan fingerprint density at radius 3 is 2.43 bits per heavy atom. The number of hydrazone groups is 1. The molecule has 1 N–H and O–H groups in total. The zero-order valence-corrected chi connectivity index (χ0v) is 21.5. The normalized spacial score (nSPS) is 19.1. The average Bonchev–Trinajstić information content (AvgIpc) is 3.49. The van der Waals surface area contributed by atoms with Gasteiger partial charge in [-0.25, -0.2) is 9.40 Å². The van der Waals surface area contributed by atoms with Gasteiger partial charge in [-0.2, -0.15) is 10.1 Å². The van der Waals surface area contributed by atoms with Gasteiger partial charge < -0.3 is 5.32 Å². The highest BCUT2D eigenvalue weighted by atomic mass is 32.2. The van der Waals surface area contributed by atoms with E-state index in [4.69, 9.17) is 5.10 Å². The molecule has 3 aromatic rings. The van der Waals surface area contributed by atoms with E-state index in [1.54, 1.807) is 17.1 Å². The number of anilines is 1. The highest BCUT2D eigenvalue weighted by molar-refractivity contribution is 8.15. The lowest BCUT2D eigenvalue weighted by Crippen LogP contribution is -2.25. The Morgan fingerprint density at radius 1 is 1.05 bits per heavy atom. The minimum atomic E-state index is -0.617. The quantitative estimate of drug-likeness (QED) is 0.446. The number of aryl methyl sites for hydroxylation is 2. The third-order valence-electron chi connectivity index (χ3n) is 6.49. The van der Waals surface area contributed by atoms with Gasteiger partial charge in [0.15, 0.2) is 5.17 Å². The van der Waals surface area contributed by atoms with Gasteiger partial charge in [0, 0.05) is 18.5 Å². The maximum Gasteiger partial charge on any atom is 0.262 e. The maximum atomic E-state index is 13.5. The molecule has 0 saturated carbocycles. The van der Waals surface area contributed by atoms with Gasteiger partial charge >= 0.3 is 0 Å². The number of amidine groups is 1. The third kappa shape index (κ3) is 5.64. The topological polar surface area (TPSA) is 74.1 Å². The molecule has 0 fully saturated rings. The zero-order valence-electron chi connectivity index (χ0n) is 20.6. The SMILES string of the molecule is CCc1ccc(NC(=O)C[C@@H]2SC(N3N=C(c4ccc(F)cc4)C[C@H]3c3ccc(C)cc3)=NC2=O)cc1. The fourth-order valence-corrected chi connectivity index (χ4v) is 5.42. The molecule has 0 spiro atoms. The van der Waals surface area contributed by atoms with Crippen molar-refractivity contribution in [3.8, 4) is 0 Å². The van der Waals surface area contributed by atoms with E-state index >= 15 is 0 Å². The van der Waals surface area contributed by atoms with Crippen LogP contribution in [0.1, 0.15) is 48.1 Å². The van der Waals surface area contributed by atoms with Gasteiger partial charge in [0.25, 0.3) is 5.91 Å². The minimum absolute atomic E-state index is 0.0175. The summed E-state index contributed by atoms with van der Waals surface area (Å²) < 4.78 is 13.5. The number of carbonyl (C=O) groups excluding carboxylic acids is 2. The summed E-state index contributed by atoms with van der Waals surface area (Å²) in [6, 6.07) is 21.9. The first-order valence-electron chi connectivity index (χ1n) is 12.3. The molecule has 0 saturated heterocycles. The molecule has 37 heavy (non-hydrogen) atoms. The summed E-state index contributed by atoms with van der Waals surface area (Å²) in [5.41, 5.74) is 5.68. The summed E-state index contributed by atoms with van der Waals surface area (Å²) in [4.78, 5) is 29.8. The molecule has 6 nitrogen and oxygen atoms in total. The van der Waals surface area contributed by atoms with E-state index in [9.17, 15) is 14.0 Å². The predicted octanol–water partition coefficient (Wildman–Crippen LogP) is 5.87. The van der Waals surface area contributed by atoms with Crippen LogP contribution in [0.15, 0.2) is 82.9 Å². The van der Waals surface area contributed by atoms with Crippen molar-refractivity contribution in [3.63, 3.8) is 0 Å². The van der Waals surface area contributed by atoms with Crippen LogP contribution in [0.4, 0.5) is 10.1 Å². The summed E-state index contributed by atoms with van der Waals surface area (Å²) in [7, 11) is 0. The molecule has 5 rings (SSSR count). The van der Waals surface area contributed by atoms with Gasteiger partial charge in [-0.1, -0.05) is 72.8 Å². The van der Waals surface area contributed by atoms with Crippen molar-refractivity contribution >= 4 is 40.1 Å². The van der Waals surface area contributed by atoms with Crippen LogP contribution >= 0.6 is 11.8 Å². The second kappa shape index (κ2) is 10.7. The summed E-state index contributed by atoms with van der Waals surface area (Å²) in [6.45, 7) is 4.10. The van der Waals surface area contributed by atoms with Crippen molar-refractivity contribution in [1.82, 2.24) is 5.01 Å². The lowest BCUT2D eigenvalue weighted by Gasteiger charge is -2.23. The number of benzene rings is 3. The van der Waals surface area contributed by atoms with Crippen LogP contribution in [0.3, 0.4) is 0 Å². The summed E-state index contributed by atoms with van der Waals surface area (Å²) in [5.74, 6) is -0.888. The number of hydrogen-bond acceptors (Lipinski definition) is 5. The minimum Gasteiger partial charge on any atom is -0.326 e. The molecule has 188 valence electrons. The lowest BCUT2D eigenvalue weighted by atomic mass is 9.98. The van der Waals surface area contributed by atoms with E-state index in [1.165, 1.54) is 29.5 Å². The number of nitrogens with zero attached hydrogens (tertiary/aromatic N) is 3. The van der Waals surface area contributed by atoms with Crippen LogP contribution in [0, 0.1) is 12.7 Å². The number of nitrogens with one attached hydrogen (secondary N) is 1. The molecule has 0 bridgehead atoms. The van der Waals surface area contributed by atoms with Gasteiger partial charge in [-0.3, -0.25) is 9.59 Å². The van der Waals surface area contributed by atoms with E-state index in [2.05, 4.69) is 17.2 Å². The molecule has 2 heterocycles. The third-order valence-corrected chi connectivity index (χ3v) is 7.63. The van der Waals surface area contributed by atoms with Gasteiger partial charge in [-0.05, 0) is 54.3 Å². The molecule has 2 atom stereocenters. The Morgan fingerprint density at radius 2 is 1.76 bits per heavy atom. The molecule has 8 heteroatoms. The Hall–Kier alpha value is -3.78. The predicted molar refractivity (Wildman–Crippen MR) is 146 cm³/mol. The standard InChI is InChI=1S/C29H27FN4O2S/c1-3-19-6-14-23(15-7-19)31-27(35)17-26-28(36)32-29(37-26)34-25(21-8-4-18(2)5-9-21)16-24(33-34)20-10-12-22(30)13-11-20/h4-15,25-26H,3,16-17H2,1-2H3,(H,31,35)/t25-,26-/m0/s1. The average molecular weight is 515 g/mol. The molecule has 2 aliphatic rings. The van der Waals surface area contributed by atoms with Crippen molar-refractivity contribution in [2.24, 2.45) is 10.1 Å². The van der Waals surface area contributed by atoms with E-state index in [0.717, 1.165) is 28.8 Å². The summed E-state index contributed by atoms with van der Waals surface area (Å²) in [6.07, 6.45) is 1.53. The first kappa shape index (κ1) is 24.9. The molecule has 0 aliphatic carbocycles. The Balaban J connectivity index is 1.33. The van der Waals surface area contributed by atoms with Crippen molar-refractivity contribution in [1.29, 1.82) is 0 Å². The Labute approximate surface area is 219 Å². The smallest absolute Gasteiger partial charge is 0.262 e. The van der Waals surface area contributed by atoms with Crippen LogP contribution in [-0.4, -0.2) is 33.0 Å². The van der Waals surface area contributed by atoms with E-state index in [0.29, 0.717) is 17.3 Å². The number of carbonyl (C=O) groups is 2. The van der Waals surface area contributed by atoms with Crippen LogP contribution in [0.25, 0.3) is 0 Å².